The van der Waals surface area contributed by atoms with E-state index < -0.39 is 0 Å². The fourth-order valence-electron chi connectivity index (χ4n) is 4.83. The van der Waals surface area contributed by atoms with E-state index in [9.17, 15) is 4.79 Å². The van der Waals surface area contributed by atoms with Crippen LogP contribution in [0.2, 0.25) is 5.02 Å². The Hall–Kier alpha value is -4.62. The number of rotatable bonds is 10. The third kappa shape index (κ3) is 6.57. The molecular formula is C35H34ClN3O4. The number of ether oxygens (including phenoxy) is 3. The third-order valence-electron chi connectivity index (χ3n) is 7.09. The Morgan fingerprint density at radius 1 is 0.953 bits per heavy atom. The van der Waals surface area contributed by atoms with E-state index in [0.717, 1.165) is 33.6 Å². The topological polar surface area (TPSA) is 74.9 Å². The van der Waals surface area contributed by atoms with E-state index in [1.54, 1.807) is 19.4 Å². The number of halogens is 1. The molecule has 220 valence electrons. The van der Waals surface area contributed by atoms with Crippen LogP contribution in [0.4, 0.5) is 0 Å². The summed E-state index contributed by atoms with van der Waals surface area (Å²) in [4.78, 5) is 18.7. The number of benzene rings is 4. The molecule has 0 spiro atoms. The monoisotopic (exact) mass is 595 g/mol. The third-order valence-corrected chi connectivity index (χ3v) is 7.34. The Balaban J connectivity index is 1.55. The van der Waals surface area contributed by atoms with Crippen LogP contribution in [-0.2, 0) is 6.61 Å². The van der Waals surface area contributed by atoms with Gasteiger partial charge >= 0.3 is 0 Å². The molecule has 0 bridgehead atoms. The number of nitrogens with zero attached hydrogens (tertiary/aromatic N) is 3. The predicted molar refractivity (Wildman–Crippen MR) is 173 cm³/mol. The Kier molecular flexibility index (Phi) is 9.12. The van der Waals surface area contributed by atoms with Crippen LogP contribution in [0.25, 0.3) is 22.3 Å². The zero-order valence-electron chi connectivity index (χ0n) is 24.9. The summed E-state index contributed by atoms with van der Waals surface area (Å²) in [6.07, 6.45) is 1.63. The standard InChI is InChI=1S/C35H34ClN3O4/c1-6-42-32-17-23(4)29(19-28(32)22(2)3)34-38-30-10-8-7-9-27(30)35(40)39(34)37-20-25-13-16-31(33(18-25)41-5)43-21-24-11-14-26(36)15-12-24/h7-20,22H,6,21H2,1-5H3. The van der Waals surface area contributed by atoms with E-state index in [1.165, 1.54) is 4.68 Å². The first-order valence-electron chi connectivity index (χ1n) is 14.2. The summed E-state index contributed by atoms with van der Waals surface area (Å²) in [6.45, 7) is 9.12. The van der Waals surface area contributed by atoms with Crippen LogP contribution in [0.15, 0.2) is 88.8 Å². The van der Waals surface area contributed by atoms with Crippen LogP contribution in [0.3, 0.4) is 0 Å². The van der Waals surface area contributed by atoms with Crippen molar-refractivity contribution in [2.45, 2.75) is 40.2 Å². The van der Waals surface area contributed by atoms with Gasteiger partial charge in [0.25, 0.3) is 5.56 Å². The number of para-hydroxylation sites is 1. The maximum absolute atomic E-state index is 13.8. The molecule has 5 rings (SSSR count). The Morgan fingerprint density at radius 3 is 2.44 bits per heavy atom. The van der Waals surface area contributed by atoms with Crippen molar-refractivity contribution in [3.05, 3.63) is 116 Å². The fourth-order valence-corrected chi connectivity index (χ4v) is 4.95. The molecule has 0 atom stereocenters. The van der Waals surface area contributed by atoms with Gasteiger partial charge in [0.05, 0.1) is 30.8 Å². The quantitative estimate of drug-likeness (QED) is 0.153. The maximum Gasteiger partial charge on any atom is 0.282 e. The molecule has 0 saturated carbocycles. The highest BCUT2D eigenvalue weighted by atomic mass is 35.5. The average Bonchev–Trinajstić information content (AvgIpc) is 3.00. The molecule has 0 amide bonds. The Morgan fingerprint density at radius 2 is 1.72 bits per heavy atom. The lowest BCUT2D eigenvalue weighted by Gasteiger charge is -2.18. The summed E-state index contributed by atoms with van der Waals surface area (Å²) in [5.41, 5.74) is 4.85. The molecule has 1 aromatic heterocycles. The number of hydrogen-bond acceptors (Lipinski definition) is 6. The number of aryl methyl sites for hydroxylation is 1. The second-order valence-electron chi connectivity index (χ2n) is 10.4. The van der Waals surface area contributed by atoms with Crippen molar-refractivity contribution in [1.82, 2.24) is 9.66 Å². The zero-order chi connectivity index (χ0) is 30.5. The fraction of sp³-hybridized carbons (Fsp3) is 0.229. The van der Waals surface area contributed by atoms with Gasteiger partial charge in [0.15, 0.2) is 17.3 Å². The lowest BCUT2D eigenvalue weighted by Crippen LogP contribution is -2.21. The molecule has 0 fully saturated rings. The van der Waals surface area contributed by atoms with Crippen LogP contribution in [0.1, 0.15) is 48.9 Å². The number of methoxy groups -OCH3 is 1. The van der Waals surface area contributed by atoms with E-state index >= 15 is 0 Å². The SMILES string of the molecule is CCOc1cc(C)c(-c2nc3ccccc3c(=O)n2N=Cc2ccc(OCc3ccc(Cl)cc3)c(OC)c2)cc1C(C)C. The maximum atomic E-state index is 13.8. The Bertz CT molecular complexity index is 1850. The first-order chi connectivity index (χ1) is 20.8. The first kappa shape index (κ1) is 29.9. The van der Waals surface area contributed by atoms with Crippen LogP contribution in [-0.4, -0.2) is 29.6 Å². The van der Waals surface area contributed by atoms with Gasteiger partial charge < -0.3 is 14.2 Å². The van der Waals surface area contributed by atoms with E-state index in [0.29, 0.717) is 46.5 Å². The average molecular weight is 596 g/mol. The summed E-state index contributed by atoms with van der Waals surface area (Å²) in [7, 11) is 1.59. The predicted octanol–water partition coefficient (Wildman–Crippen LogP) is 8.02. The van der Waals surface area contributed by atoms with Gasteiger partial charge in [0, 0.05) is 10.6 Å². The van der Waals surface area contributed by atoms with Gasteiger partial charge in [-0.25, -0.2) is 4.98 Å². The van der Waals surface area contributed by atoms with Gasteiger partial charge in [-0.15, -0.1) is 0 Å². The van der Waals surface area contributed by atoms with E-state index in [1.807, 2.05) is 80.6 Å². The van der Waals surface area contributed by atoms with Crippen LogP contribution < -0.4 is 19.8 Å². The molecule has 0 aliphatic rings. The molecule has 5 aromatic rings. The minimum absolute atomic E-state index is 0.206. The highest BCUT2D eigenvalue weighted by Crippen LogP contribution is 2.34. The minimum atomic E-state index is -0.258. The largest absolute Gasteiger partial charge is 0.494 e. The van der Waals surface area contributed by atoms with Crippen molar-refractivity contribution < 1.29 is 14.2 Å². The number of aromatic nitrogens is 2. The summed E-state index contributed by atoms with van der Waals surface area (Å²) in [5, 5.41) is 5.82. The van der Waals surface area contributed by atoms with E-state index in [2.05, 4.69) is 25.0 Å². The molecule has 8 heteroatoms. The normalized spacial score (nSPS) is 11.4. The lowest BCUT2D eigenvalue weighted by atomic mass is 9.96. The summed E-state index contributed by atoms with van der Waals surface area (Å²) in [5.74, 6) is 2.63. The zero-order valence-corrected chi connectivity index (χ0v) is 25.7. The van der Waals surface area contributed by atoms with Gasteiger partial charge in [0.1, 0.15) is 12.4 Å². The van der Waals surface area contributed by atoms with E-state index in [-0.39, 0.29) is 11.5 Å². The van der Waals surface area contributed by atoms with Gasteiger partial charge in [-0.1, -0.05) is 49.7 Å². The summed E-state index contributed by atoms with van der Waals surface area (Å²) < 4.78 is 18.9. The Labute approximate surface area is 256 Å². The van der Waals surface area contributed by atoms with Crippen molar-refractivity contribution in [3.63, 3.8) is 0 Å². The van der Waals surface area contributed by atoms with Crippen molar-refractivity contribution >= 4 is 28.7 Å². The summed E-state index contributed by atoms with van der Waals surface area (Å²) >= 11 is 5.99. The highest BCUT2D eigenvalue weighted by molar-refractivity contribution is 6.30. The molecule has 0 aliphatic carbocycles. The van der Waals surface area contributed by atoms with Crippen LogP contribution >= 0.6 is 11.6 Å². The van der Waals surface area contributed by atoms with Crippen LogP contribution in [0.5, 0.6) is 17.2 Å². The van der Waals surface area contributed by atoms with Gasteiger partial charge in [-0.2, -0.15) is 9.78 Å². The molecule has 4 aromatic carbocycles. The van der Waals surface area contributed by atoms with Gasteiger partial charge in [-0.05, 0) is 96.6 Å². The number of hydrogen-bond donors (Lipinski definition) is 0. The first-order valence-corrected chi connectivity index (χ1v) is 14.6. The van der Waals surface area contributed by atoms with Gasteiger partial charge in [0.2, 0.25) is 0 Å². The molecule has 0 N–H and O–H groups in total. The molecule has 7 nitrogen and oxygen atoms in total. The summed E-state index contributed by atoms with van der Waals surface area (Å²) in [6, 6.07) is 24.4. The highest BCUT2D eigenvalue weighted by Gasteiger charge is 2.18. The molecule has 0 radical (unpaired) electrons. The second kappa shape index (κ2) is 13.1. The molecule has 1 heterocycles. The van der Waals surface area contributed by atoms with Crippen molar-refractivity contribution in [2.24, 2.45) is 5.10 Å². The molecular weight excluding hydrogens is 562 g/mol. The van der Waals surface area contributed by atoms with Crippen LogP contribution in [0, 0.1) is 6.92 Å². The minimum Gasteiger partial charge on any atom is -0.494 e. The van der Waals surface area contributed by atoms with E-state index in [4.69, 9.17) is 30.8 Å². The molecule has 0 aliphatic heterocycles. The van der Waals surface area contributed by atoms with Gasteiger partial charge in [-0.3, -0.25) is 4.79 Å². The second-order valence-corrected chi connectivity index (χ2v) is 10.9. The lowest BCUT2D eigenvalue weighted by molar-refractivity contribution is 0.284. The number of fused-ring (bicyclic) bond motifs is 1. The molecule has 0 saturated heterocycles. The molecule has 43 heavy (non-hydrogen) atoms. The van der Waals surface area contributed by atoms with Crippen molar-refractivity contribution in [2.75, 3.05) is 13.7 Å². The van der Waals surface area contributed by atoms with Crippen molar-refractivity contribution in [1.29, 1.82) is 0 Å². The van der Waals surface area contributed by atoms with Crippen molar-refractivity contribution in [3.8, 4) is 28.6 Å². The smallest absolute Gasteiger partial charge is 0.282 e. The molecule has 0 unspecified atom stereocenters.